The SMILES string of the molecule is CCN(CCCNC(=O)c1cc2ccccc2o1)c1ccccc1. The van der Waals surface area contributed by atoms with Crippen molar-refractivity contribution in [1.82, 2.24) is 5.32 Å². The molecule has 3 aromatic rings. The molecule has 0 atom stereocenters. The van der Waals surface area contributed by atoms with Crippen LogP contribution in [0.25, 0.3) is 11.0 Å². The van der Waals surface area contributed by atoms with Gasteiger partial charge in [0.25, 0.3) is 5.91 Å². The zero-order chi connectivity index (χ0) is 16.8. The average Bonchev–Trinajstić information content (AvgIpc) is 3.06. The molecule has 0 saturated heterocycles. The first-order valence-electron chi connectivity index (χ1n) is 8.34. The summed E-state index contributed by atoms with van der Waals surface area (Å²) in [5.74, 6) is 0.209. The topological polar surface area (TPSA) is 45.5 Å². The average molecular weight is 322 g/mol. The molecule has 1 heterocycles. The molecule has 1 amide bonds. The quantitative estimate of drug-likeness (QED) is 0.667. The number of amides is 1. The first-order valence-corrected chi connectivity index (χ1v) is 8.34. The van der Waals surface area contributed by atoms with E-state index < -0.39 is 0 Å². The van der Waals surface area contributed by atoms with Gasteiger partial charge < -0.3 is 14.6 Å². The predicted octanol–water partition coefficient (Wildman–Crippen LogP) is 4.08. The van der Waals surface area contributed by atoms with Gasteiger partial charge in [0.1, 0.15) is 5.58 Å². The van der Waals surface area contributed by atoms with E-state index in [4.69, 9.17) is 4.42 Å². The van der Waals surface area contributed by atoms with Gasteiger partial charge in [-0.05, 0) is 37.6 Å². The lowest BCUT2D eigenvalue weighted by molar-refractivity contribution is 0.0928. The molecule has 4 heteroatoms. The molecule has 4 nitrogen and oxygen atoms in total. The van der Waals surface area contributed by atoms with Crippen LogP contribution in [-0.4, -0.2) is 25.5 Å². The molecule has 0 aliphatic rings. The number of nitrogens with zero attached hydrogens (tertiary/aromatic N) is 1. The largest absolute Gasteiger partial charge is 0.451 e. The summed E-state index contributed by atoms with van der Waals surface area (Å²) < 4.78 is 5.58. The third-order valence-corrected chi connectivity index (χ3v) is 4.04. The van der Waals surface area contributed by atoms with E-state index in [1.54, 1.807) is 6.07 Å². The fourth-order valence-electron chi connectivity index (χ4n) is 2.76. The van der Waals surface area contributed by atoms with E-state index in [0.29, 0.717) is 12.3 Å². The molecule has 0 aliphatic carbocycles. The normalized spacial score (nSPS) is 10.7. The van der Waals surface area contributed by atoms with Crippen molar-refractivity contribution in [3.05, 3.63) is 66.4 Å². The maximum absolute atomic E-state index is 12.2. The predicted molar refractivity (Wildman–Crippen MR) is 97.5 cm³/mol. The molecule has 0 unspecified atom stereocenters. The fraction of sp³-hybridized carbons (Fsp3) is 0.250. The minimum absolute atomic E-state index is 0.158. The second-order valence-electron chi connectivity index (χ2n) is 5.67. The molecule has 0 bridgehead atoms. The van der Waals surface area contributed by atoms with Crippen LogP contribution in [0.3, 0.4) is 0 Å². The van der Waals surface area contributed by atoms with Gasteiger partial charge in [0.05, 0.1) is 0 Å². The standard InChI is InChI=1S/C20H22N2O2/c1-2-22(17-10-4-3-5-11-17)14-8-13-21-20(23)19-15-16-9-6-7-12-18(16)24-19/h3-7,9-12,15H,2,8,13-14H2,1H3,(H,21,23). The van der Waals surface area contributed by atoms with E-state index in [1.165, 1.54) is 5.69 Å². The highest BCUT2D eigenvalue weighted by Crippen LogP contribution is 2.18. The van der Waals surface area contributed by atoms with Crippen molar-refractivity contribution < 1.29 is 9.21 Å². The summed E-state index contributed by atoms with van der Waals surface area (Å²) in [7, 11) is 0. The number of para-hydroxylation sites is 2. The van der Waals surface area contributed by atoms with Crippen LogP contribution >= 0.6 is 0 Å². The Morgan fingerprint density at radius 2 is 1.83 bits per heavy atom. The summed E-state index contributed by atoms with van der Waals surface area (Å²) in [5, 5.41) is 3.88. The number of hydrogen-bond donors (Lipinski definition) is 1. The van der Waals surface area contributed by atoms with E-state index >= 15 is 0 Å². The molecule has 0 spiro atoms. The van der Waals surface area contributed by atoms with Crippen LogP contribution in [0.15, 0.2) is 65.1 Å². The monoisotopic (exact) mass is 322 g/mol. The Bertz CT molecular complexity index is 763. The molecular formula is C20H22N2O2. The zero-order valence-electron chi connectivity index (χ0n) is 13.9. The van der Waals surface area contributed by atoms with Crippen LogP contribution < -0.4 is 10.2 Å². The Labute approximate surface area is 142 Å². The van der Waals surface area contributed by atoms with Gasteiger partial charge in [0, 0.05) is 30.7 Å². The Balaban J connectivity index is 1.50. The molecule has 1 N–H and O–H groups in total. The van der Waals surface area contributed by atoms with E-state index in [2.05, 4.69) is 29.3 Å². The van der Waals surface area contributed by atoms with Crippen molar-refractivity contribution in [2.45, 2.75) is 13.3 Å². The zero-order valence-corrected chi connectivity index (χ0v) is 13.9. The summed E-state index contributed by atoms with van der Waals surface area (Å²) in [4.78, 5) is 14.5. The first-order chi connectivity index (χ1) is 11.8. The summed E-state index contributed by atoms with van der Waals surface area (Å²) in [6, 6.07) is 19.7. The number of nitrogens with one attached hydrogen (secondary N) is 1. The Morgan fingerprint density at radius 1 is 1.08 bits per heavy atom. The van der Waals surface area contributed by atoms with Crippen LogP contribution in [0, 0.1) is 0 Å². The van der Waals surface area contributed by atoms with Gasteiger partial charge in [-0.25, -0.2) is 0 Å². The lowest BCUT2D eigenvalue weighted by atomic mass is 10.2. The lowest BCUT2D eigenvalue weighted by Gasteiger charge is -2.23. The summed E-state index contributed by atoms with van der Waals surface area (Å²) in [6.45, 7) is 4.61. The number of rotatable bonds is 7. The number of carbonyl (C=O) groups excluding carboxylic acids is 1. The second kappa shape index (κ2) is 7.68. The van der Waals surface area contributed by atoms with E-state index in [1.807, 2.05) is 42.5 Å². The highest BCUT2D eigenvalue weighted by Gasteiger charge is 2.11. The Hall–Kier alpha value is -2.75. The lowest BCUT2D eigenvalue weighted by Crippen LogP contribution is -2.29. The molecule has 2 aromatic carbocycles. The maximum Gasteiger partial charge on any atom is 0.287 e. The third kappa shape index (κ3) is 3.77. The van der Waals surface area contributed by atoms with Crippen molar-refractivity contribution in [2.75, 3.05) is 24.5 Å². The van der Waals surface area contributed by atoms with Crippen LogP contribution in [-0.2, 0) is 0 Å². The summed E-state index contributed by atoms with van der Waals surface area (Å²) in [6.07, 6.45) is 0.884. The number of fused-ring (bicyclic) bond motifs is 1. The van der Waals surface area contributed by atoms with Crippen molar-refractivity contribution in [3.63, 3.8) is 0 Å². The number of carbonyl (C=O) groups is 1. The molecule has 1 aromatic heterocycles. The first kappa shape index (κ1) is 16.1. The van der Waals surface area contributed by atoms with E-state index in [-0.39, 0.29) is 5.91 Å². The summed E-state index contributed by atoms with van der Waals surface area (Å²) in [5.41, 5.74) is 1.95. The number of hydrogen-bond acceptors (Lipinski definition) is 3. The van der Waals surface area contributed by atoms with Gasteiger partial charge in [-0.2, -0.15) is 0 Å². The van der Waals surface area contributed by atoms with Gasteiger partial charge in [0.2, 0.25) is 0 Å². The number of anilines is 1. The highest BCUT2D eigenvalue weighted by atomic mass is 16.3. The van der Waals surface area contributed by atoms with Gasteiger partial charge in [0.15, 0.2) is 5.76 Å². The van der Waals surface area contributed by atoms with Crippen molar-refractivity contribution >= 4 is 22.6 Å². The Kier molecular flexibility index (Phi) is 5.16. The molecule has 0 saturated carbocycles. The van der Waals surface area contributed by atoms with Gasteiger partial charge in [-0.1, -0.05) is 36.4 Å². The second-order valence-corrected chi connectivity index (χ2v) is 5.67. The molecule has 0 aliphatic heterocycles. The molecule has 0 fully saturated rings. The van der Waals surface area contributed by atoms with Crippen LogP contribution in [0.2, 0.25) is 0 Å². The van der Waals surface area contributed by atoms with Crippen LogP contribution in [0.4, 0.5) is 5.69 Å². The minimum atomic E-state index is -0.158. The number of benzene rings is 2. The Morgan fingerprint density at radius 3 is 2.58 bits per heavy atom. The minimum Gasteiger partial charge on any atom is -0.451 e. The molecule has 3 rings (SSSR count). The summed E-state index contributed by atoms with van der Waals surface area (Å²) >= 11 is 0. The number of furan rings is 1. The molecule has 24 heavy (non-hydrogen) atoms. The fourth-order valence-corrected chi connectivity index (χ4v) is 2.76. The maximum atomic E-state index is 12.2. The van der Waals surface area contributed by atoms with E-state index in [0.717, 1.165) is 30.5 Å². The molecular weight excluding hydrogens is 300 g/mol. The third-order valence-electron chi connectivity index (χ3n) is 4.04. The van der Waals surface area contributed by atoms with Gasteiger partial charge >= 0.3 is 0 Å². The van der Waals surface area contributed by atoms with Crippen molar-refractivity contribution in [2.24, 2.45) is 0 Å². The van der Waals surface area contributed by atoms with E-state index in [9.17, 15) is 4.79 Å². The van der Waals surface area contributed by atoms with Crippen molar-refractivity contribution in [1.29, 1.82) is 0 Å². The van der Waals surface area contributed by atoms with Gasteiger partial charge in [-0.3, -0.25) is 4.79 Å². The molecule has 124 valence electrons. The van der Waals surface area contributed by atoms with Crippen LogP contribution in [0.5, 0.6) is 0 Å². The molecule has 0 radical (unpaired) electrons. The van der Waals surface area contributed by atoms with Gasteiger partial charge in [-0.15, -0.1) is 0 Å². The van der Waals surface area contributed by atoms with Crippen molar-refractivity contribution in [3.8, 4) is 0 Å². The highest BCUT2D eigenvalue weighted by molar-refractivity contribution is 5.96. The smallest absolute Gasteiger partial charge is 0.287 e. The van der Waals surface area contributed by atoms with Crippen LogP contribution in [0.1, 0.15) is 23.9 Å².